The summed E-state index contributed by atoms with van der Waals surface area (Å²) in [5.74, 6) is -2.39. The van der Waals surface area contributed by atoms with Gasteiger partial charge in [0.05, 0.1) is 19.6 Å². The van der Waals surface area contributed by atoms with E-state index in [0.717, 1.165) is 0 Å². The van der Waals surface area contributed by atoms with Crippen LogP contribution in [0.2, 0.25) is 0 Å². The first-order valence-electron chi connectivity index (χ1n) is 4.25. The monoisotopic (exact) mass is 222 g/mol. The van der Waals surface area contributed by atoms with Gasteiger partial charge in [0.25, 0.3) is 0 Å². The molecule has 4 nitrogen and oxygen atoms in total. The van der Waals surface area contributed by atoms with Crippen molar-refractivity contribution in [3.05, 3.63) is 0 Å². The molecule has 0 aromatic rings. The topological polar surface area (TPSA) is 52.6 Å². The lowest BCUT2D eigenvalue weighted by molar-refractivity contribution is -0.159. The van der Waals surface area contributed by atoms with E-state index in [-0.39, 0.29) is 5.92 Å². The zero-order chi connectivity index (χ0) is 11.3. The average Bonchev–Trinajstić information content (AvgIpc) is 2.16. The van der Waals surface area contributed by atoms with Crippen LogP contribution < -0.4 is 0 Å². The molecule has 0 aliphatic heterocycles. The Morgan fingerprint density at radius 3 is 1.64 bits per heavy atom. The first-order valence-corrected chi connectivity index (χ1v) is 4.69. The summed E-state index contributed by atoms with van der Waals surface area (Å²) in [4.78, 5) is 22.5. The highest BCUT2D eigenvalue weighted by Crippen LogP contribution is 2.21. The van der Waals surface area contributed by atoms with Gasteiger partial charge in [-0.15, -0.1) is 11.6 Å². The minimum atomic E-state index is -1.05. The van der Waals surface area contributed by atoms with E-state index >= 15 is 0 Å². The van der Waals surface area contributed by atoms with E-state index < -0.39 is 23.2 Å². The number of hydrogen-bond acceptors (Lipinski definition) is 4. The van der Waals surface area contributed by atoms with Gasteiger partial charge in [-0.2, -0.15) is 0 Å². The number of hydrogen-bond donors (Lipinski definition) is 0. The number of alkyl halides is 1. The lowest BCUT2D eigenvalue weighted by atomic mass is 9.96. The smallest absolute Gasteiger partial charge is 0.321 e. The maximum Gasteiger partial charge on any atom is 0.321 e. The van der Waals surface area contributed by atoms with Crippen LogP contribution in [-0.2, 0) is 19.1 Å². The third-order valence-electron chi connectivity index (χ3n) is 1.87. The van der Waals surface area contributed by atoms with Crippen molar-refractivity contribution in [2.24, 2.45) is 11.8 Å². The SMILES string of the molecule is COC(=O)C(C(=O)OC)C(Cl)C(C)C. The summed E-state index contributed by atoms with van der Waals surface area (Å²) in [6.45, 7) is 3.63. The van der Waals surface area contributed by atoms with Crippen molar-refractivity contribution in [2.75, 3.05) is 14.2 Å². The number of ether oxygens (including phenoxy) is 2. The molecule has 5 heteroatoms. The van der Waals surface area contributed by atoms with E-state index in [1.54, 1.807) is 0 Å². The van der Waals surface area contributed by atoms with Gasteiger partial charge in [0.2, 0.25) is 0 Å². The number of rotatable bonds is 4. The molecule has 0 saturated heterocycles. The molecule has 0 N–H and O–H groups in total. The molecule has 0 rings (SSSR count). The Hall–Kier alpha value is -0.770. The molecular formula is C9H15ClO4. The van der Waals surface area contributed by atoms with E-state index in [4.69, 9.17) is 11.6 Å². The highest BCUT2D eigenvalue weighted by Gasteiger charge is 2.37. The first kappa shape index (κ1) is 13.2. The van der Waals surface area contributed by atoms with Crippen molar-refractivity contribution in [2.45, 2.75) is 19.2 Å². The van der Waals surface area contributed by atoms with Gasteiger partial charge >= 0.3 is 11.9 Å². The minimum absolute atomic E-state index is 0.0140. The molecule has 82 valence electrons. The van der Waals surface area contributed by atoms with Crippen molar-refractivity contribution in [1.82, 2.24) is 0 Å². The third-order valence-corrected chi connectivity index (χ3v) is 2.62. The molecule has 0 fully saturated rings. The fourth-order valence-corrected chi connectivity index (χ4v) is 1.20. The zero-order valence-corrected chi connectivity index (χ0v) is 9.50. The van der Waals surface area contributed by atoms with Gasteiger partial charge < -0.3 is 9.47 Å². The lowest BCUT2D eigenvalue weighted by Crippen LogP contribution is -2.36. The van der Waals surface area contributed by atoms with E-state index in [0.29, 0.717) is 0 Å². The van der Waals surface area contributed by atoms with Gasteiger partial charge in [0.15, 0.2) is 5.92 Å². The summed E-state index contributed by atoms with van der Waals surface area (Å²) in [5, 5.41) is -0.616. The largest absolute Gasteiger partial charge is 0.468 e. The molecule has 0 spiro atoms. The second-order valence-electron chi connectivity index (χ2n) is 3.21. The Kier molecular flexibility index (Phi) is 5.53. The van der Waals surface area contributed by atoms with Gasteiger partial charge in [-0.25, -0.2) is 0 Å². The van der Waals surface area contributed by atoms with Crippen LogP contribution in [0.25, 0.3) is 0 Å². The van der Waals surface area contributed by atoms with Gasteiger partial charge in [-0.05, 0) is 5.92 Å². The fraction of sp³-hybridized carbons (Fsp3) is 0.778. The Balaban J connectivity index is 4.72. The van der Waals surface area contributed by atoms with Crippen LogP contribution in [0.5, 0.6) is 0 Å². The van der Waals surface area contributed by atoms with Gasteiger partial charge in [0, 0.05) is 0 Å². The molecule has 14 heavy (non-hydrogen) atoms. The summed E-state index contributed by atoms with van der Waals surface area (Å²) in [6, 6.07) is 0. The second-order valence-corrected chi connectivity index (χ2v) is 3.72. The van der Waals surface area contributed by atoms with Gasteiger partial charge in [-0.3, -0.25) is 9.59 Å². The Labute approximate surface area is 88.5 Å². The van der Waals surface area contributed by atoms with E-state index in [9.17, 15) is 9.59 Å². The Bertz CT molecular complexity index is 199. The third kappa shape index (κ3) is 3.18. The van der Waals surface area contributed by atoms with Crippen molar-refractivity contribution in [3.8, 4) is 0 Å². The van der Waals surface area contributed by atoms with Crippen LogP contribution in [-0.4, -0.2) is 31.5 Å². The standard InChI is InChI=1S/C9H15ClO4/c1-5(2)7(10)6(8(11)13-3)9(12)14-4/h5-7H,1-4H3. The molecule has 0 heterocycles. The summed E-state index contributed by atoms with van der Waals surface area (Å²) in [6.07, 6.45) is 0. The van der Waals surface area contributed by atoms with Crippen LogP contribution in [0.3, 0.4) is 0 Å². The molecule has 0 amide bonds. The van der Waals surface area contributed by atoms with Crippen molar-refractivity contribution in [1.29, 1.82) is 0 Å². The predicted octanol–water partition coefficient (Wildman–Crippen LogP) is 1.21. The quantitative estimate of drug-likeness (QED) is 0.408. The predicted molar refractivity (Wildman–Crippen MR) is 52.0 cm³/mol. The van der Waals surface area contributed by atoms with Crippen molar-refractivity contribution < 1.29 is 19.1 Å². The van der Waals surface area contributed by atoms with Crippen LogP contribution in [0.4, 0.5) is 0 Å². The number of esters is 2. The van der Waals surface area contributed by atoms with Crippen LogP contribution >= 0.6 is 11.6 Å². The van der Waals surface area contributed by atoms with Gasteiger partial charge in [0.1, 0.15) is 0 Å². The summed E-state index contributed by atoms with van der Waals surface area (Å²) < 4.78 is 8.96. The summed E-state index contributed by atoms with van der Waals surface area (Å²) in [5.41, 5.74) is 0. The summed E-state index contributed by atoms with van der Waals surface area (Å²) >= 11 is 5.93. The zero-order valence-electron chi connectivity index (χ0n) is 8.74. The fourth-order valence-electron chi connectivity index (χ4n) is 0.995. The lowest BCUT2D eigenvalue weighted by Gasteiger charge is -2.20. The summed E-state index contributed by atoms with van der Waals surface area (Å²) in [7, 11) is 2.42. The molecule has 0 aliphatic rings. The number of methoxy groups -OCH3 is 2. The Morgan fingerprint density at radius 1 is 1.07 bits per heavy atom. The van der Waals surface area contributed by atoms with Crippen LogP contribution in [0.15, 0.2) is 0 Å². The van der Waals surface area contributed by atoms with Crippen molar-refractivity contribution >= 4 is 23.5 Å². The normalized spacial score (nSPS) is 12.8. The maximum atomic E-state index is 11.3. The molecule has 1 unspecified atom stereocenters. The van der Waals surface area contributed by atoms with E-state index in [1.165, 1.54) is 14.2 Å². The molecular weight excluding hydrogens is 208 g/mol. The maximum absolute atomic E-state index is 11.3. The highest BCUT2D eigenvalue weighted by atomic mass is 35.5. The first-order chi connectivity index (χ1) is 6.45. The van der Waals surface area contributed by atoms with Crippen LogP contribution in [0.1, 0.15) is 13.8 Å². The Morgan fingerprint density at radius 2 is 1.43 bits per heavy atom. The van der Waals surface area contributed by atoms with Gasteiger partial charge in [-0.1, -0.05) is 13.8 Å². The molecule has 0 aromatic carbocycles. The number of halogens is 1. The van der Waals surface area contributed by atoms with Crippen LogP contribution in [0, 0.1) is 11.8 Å². The van der Waals surface area contributed by atoms with Crippen molar-refractivity contribution in [3.63, 3.8) is 0 Å². The second kappa shape index (κ2) is 5.86. The highest BCUT2D eigenvalue weighted by molar-refractivity contribution is 6.24. The molecule has 0 aromatic heterocycles. The molecule has 0 saturated carbocycles. The molecule has 0 radical (unpaired) electrons. The number of carbonyl (C=O) groups excluding carboxylic acids is 2. The molecule has 1 atom stereocenters. The minimum Gasteiger partial charge on any atom is -0.468 e. The number of carbonyl (C=O) groups is 2. The molecule has 0 aliphatic carbocycles. The average molecular weight is 223 g/mol. The van der Waals surface area contributed by atoms with E-state index in [2.05, 4.69) is 9.47 Å². The van der Waals surface area contributed by atoms with E-state index in [1.807, 2.05) is 13.8 Å². The molecule has 0 bridgehead atoms.